The summed E-state index contributed by atoms with van der Waals surface area (Å²) in [5.41, 5.74) is -0.0280. The Morgan fingerprint density at radius 1 is 1.22 bits per heavy atom. The van der Waals surface area contributed by atoms with Crippen LogP contribution in [0, 0.1) is 24.2 Å². The van der Waals surface area contributed by atoms with Crippen LogP contribution in [0.4, 0.5) is 13.2 Å². The number of alkyl halides is 3. The lowest BCUT2D eigenvalue weighted by atomic mass is 9.56. The van der Waals surface area contributed by atoms with Crippen LogP contribution in [0.5, 0.6) is 0 Å². The summed E-state index contributed by atoms with van der Waals surface area (Å²) in [5, 5.41) is 9.79. The standard InChI is InChI=1S/C21H26F3NO2/c1-13-3-4-14(6-17(13)21(22,23)24)5-15-7-20(8-15)11-25(12-20)18(26)16-9-19(2,27)10-16/h3-4,6,15-16,27H,5,7-12H2,1-2H3/t16-,19+. The third kappa shape index (κ3) is 3.48. The number of benzene rings is 1. The molecule has 3 aliphatic rings. The Hall–Kier alpha value is -1.56. The molecular weight excluding hydrogens is 355 g/mol. The van der Waals surface area contributed by atoms with Gasteiger partial charge in [0.2, 0.25) is 5.91 Å². The van der Waals surface area contributed by atoms with E-state index in [0.29, 0.717) is 25.2 Å². The van der Waals surface area contributed by atoms with Gasteiger partial charge in [-0.2, -0.15) is 13.2 Å². The van der Waals surface area contributed by atoms with Gasteiger partial charge in [0.05, 0.1) is 11.2 Å². The summed E-state index contributed by atoms with van der Waals surface area (Å²) in [5.74, 6) is 0.515. The SMILES string of the molecule is Cc1ccc(CC2CC3(C2)CN(C(=O)[C@H]2C[C@@](C)(O)C2)C3)cc1C(F)(F)F. The number of rotatable bonds is 3. The van der Waals surface area contributed by atoms with Crippen LogP contribution >= 0.6 is 0 Å². The first-order valence-electron chi connectivity index (χ1n) is 9.64. The zero-order chi connectivity index (χ0) is 19.6. The van der Waals surface area contributed by atoms with Gasteiger partial charge in [-0.3, -0.25) is 4.79 Å². The number of hydrogen-bond acceptors (Lipinski definition) is 2. The van der Waals surface area contributed by atoms with E-state index in [1.807, 2.05) is 4.90 Å². The minimum absolute atomic E-state index is 0.0402. The van der Waals surface area contributed by atoms with Crippen molar-refractivity contribution in [1.29, 1.82) is 0 Å². The van der Waals surface area contributed by atoms with Gasteiger partial charge in [0.25, 0.3) is 0 Å². The summed E-state index contributed by atoms with van der Waals surface area (Å²) in [6.45, 7) is 4.79. The van der Waals surface area contributed by atoms with Gasteiger partial charge < -0.3 is 10.0 Å². The molecule has 3 fully saturated rings. The molecule has 0 unspecified atom stereocenters. The van der Waals surface area contributed by atoms with Crippen molar-refractivity contribution in [3.05, 3.63) is 34.9 Å². The summed E-state index contributed by atoms with van der Waals surface area (Å²) >= 11 is 0. The number of nitrogens with zero attached hydrogens (tertiary/aromatic N) is 1. The van der Waals surface area contributed by atoms with E-state index in [4.69, 9.17) is 0 Å². The zero-order valence-corrected chi connectivity index (χ0v) is 15.8. The number of carbonyl (C=O) groups is 1. The second kappa shape index (κ2) is 5.97. The molecule has 6 heteroatoms. The highest BCUT2D eigenvalue weighted by Gasteiger charge is 2.55. The zero-order valence-electron chi connectivity index (χ0n) is 15.8. The molecule has 0 atom stereocenters. The van der Waals surface area contributed by atoms with E-state index in [9.17, 15) is 23.1 Å². The van der Waals surface area contributed by atoms with Crippen molar-refractivity contribution < 1.29 is 23.1 Å². The number of hydrogen-bond donors (Lipinski definition) is 1. The van der Waals surface area contributed by atoms with Crippen molar-refractivity contribution in [2.45, 2.75) is 57.7 Å². The van der Waals surface area contributed by atoms with Crippen molar-refractivity contribution in [3.63, 3.8) is 0 Å². The second-order valence-electron chi connectivity index (χ2n) is 9.42. The summed E-state index contributed by atoms with van der Waals surface area (Å²) in [6, 6.07) is 4.65. The Labute approximate surface area is 157 Å². The number of aliphatic hydroxyl groups is 1. The molecule has 3 nitrogen and oxygen atoms in total. The molecule has 1 aliphatic heterocycles. The van der Waals surface area contributed by atoms with Gasteiger partial charge in [-0.05, 0) is 69.1 Å². The maximum Gasteiger partial charge on any atom is 0.416 e. The monoisotopic (exact) mass is 381 g/mol. The average Bonchev–Trinajstić information content (AvgIpc) is 2.45. The summed E-state index contributed by atoms with van der Waals surface area (Å²) in [6.07, 6.45) is -0.574. The molecule has 27 heavy (non-hydrogen) atoms. The van der Waals surface area contributed by atoms with E-state index in [0.717, 1.165) is 31.5 Å². The fourth-order valence-corrected chi connectivity index (χ4v) is 5.36. The van der Waals surface area contributed by atoms with Gasteiger partial charge in [0.1, 0.15) is 0 Å². The smallest absolute Gasteiger partial charge is 0.390 e. The van der Waals surface area contributed by atoms with Gasteiger partial charge in [-0.25, -0.2) is 0 Å². The van der Waals surface area contributed by atoms with E-state index in [1.165, 1.54) is 13.0 Å². The third-order valence-electron chi connectivity index (χ3n) is 6.66. The Balaban J connectivity index is 1.27. The lowest BCUT2D eigenvalue weighted by Gasteiger charge is -2.60. The Kier molecular flexibility index (Phi) is 4.15. The summed E-state index contributed by atoms with van der Waals surface area (Å²) < 4.78 is 39.2. The fraction of sp³-hybridized carbons (Fsp3) is 0.667. The van der Waals surface area contributed by atoms with Gasteiger partial charge in [0, 0.05) is 24.4 Å². The normalized spacial score (nSPS) is 29.9. The Bertz CT molecular complexity index is 749. The van der Waals surface area contributed by atoms with E-state index < -0.39 is 17.3 Å². The van der Waals surface area contributed by atoms with Crippen molar-refractivity contribution in [2.75, 3.05) is 13.1 Å². The van der Waals surface area contributed by atoms with E-state index in [1.54, 1.807) is 19.1 Å². The second-order valence-corrected chi connectivity index (χ2v) is 9.42. The number of likely N-dealkylation sites (tertiary alicyclic amines) is 1. The molecule has 1 amide bonds. The topological polar surface area (TPSA) is 40.5 Å². The molecule has 1 aromatic rings. The third-order valence-corrected chi connectivity index (χ3v) is 6.66. The Morgan fingerprint density at radius 2 is 1.85 bits per heavy atom. The molecule has 1 spiro atoms. The summed E-state index contributed by atoms with van der Waals surface area (Å²) in [4.78, 5) is 14.3. The molecule has 4 rings (SSSR count). The molecule has 0 aromatic heterocycles. The summed E-state index contributed by atoms with van der Waals surface area (Å²) in [7, 11) is 0. The lowest BCUT2D eigenvalue weighted by Crippen LogP contribution is -2.66. The van der Waals surface area contributed by atoms with Crippen LogP contribution in [0.15, 0.2) is 18.2 Å². The van der Waals surface area contributed by atoms with Crippen LogP contribution in [-0.2, 0) is 17.4 Å². The molecule has 2 saturated carbocycles. The number of amides is 1. The molecular formula is C21H26F3NO2. The maximum atomic E-state index is 13.1. The molecule has 2 aliphatic carbocycles. The minimum atomic E-state index is -4.30. The van der Waals surface area contributed by atoms with Crippen LogP contribution in [0.3, 0.4) is 0 Å². The molecule has 1 aromatic carbocycles. The van der Waals surface area contributed by atoms with Crippen LogP contribution in [0.1, 0.15) is 49.3 Å². The number of halogens is 3. The predicted molar refractivity (Wildman–Crippen MR) is 95.0 cm³/mol. The molecule has 0 radical (unpaired) electrons. The van der Waals surface area contributed by atoms with Gasteiger partial charge in [-0.15, -0.1) is 0 Å². The Morgan fingerprint density at radius 3 is 2.41 bits per heavy atom. The molecule has 0 bridgehead atoms. The maximum absolute atomic E-state index is 13.1. The number of aryl methyl sites for hydroxylation is 1. The predicted octanol–water partition coefficient (Wildman–Crippen LogP) is 3.96. The minimum Gasteiger partial charge on any atom is -0.390 e. The highest BCUT2D eigenvalue weighted by molar-refractivity contribution is 5.81. The van der Waals surface area contributed by atoms with Gasteiger partial charge in [0.15, 0.2) is 0 Å². The first-order chi connectivity index (χ1) is 12.5. The van der Waals surface area contributed by atoms with Crippen LogP contribution in [0.2, 0.25) is 0 Å². The van der Waals surface area contributed by atoms with E-state index >= 15 is 0 Å². The average molecular weight is 381 g/mol. The van der Waals surface area contributed by atoms with Crippen molar-refractivity contribution in [1.82, 2.24) is 4.90 Å². The van der Waals surface area contributed by atoms with Gasteiger partial charge in [-0.1, -0.05) is 12.1 Å². The van der Waals surface area contributed by atoms with Crippen LogP contribution < -0.4 is 0 Å². The van der Waals surface area contributed by atoms with Crippen molar-refractivity contribution >= 4 is 5.91 Å². The molecule has 1 saturated heterocycles. The van der Waals surface area contributed by atoms with Crippen molar-refractivity contribution in [2.24, 2.45) is 17.3 Å². The first-order valence-corrected chi connectivity index (χ1v) is 9.64. The van der Waals surface area contributed by atoms with E-state index in [2.05, 4.69) is 0 Å². The van der Waals surface area contributed by atoms with Crippen LogP contribution in [0.25, 0.3) is 0 Å². The van der Waals surface area contributed by atoms with Gasteiger partial charge >= 0.3 is 6.18 Å². The highest BCUT2D eigenvalue weighted by atomic mass is 19.4. The fourth-order valence-electron chi connectivity index (χ4n) is 5.36. The van der Waals surface area contributed by atoms with Crippen molar-refractivity contribution in [3.8, 4) is 0 Å². The number of carbonyl (C=O) groups excluding carboxylic acids is 1. The van der Waals surface area contributed by atoms with E-state index in [-0.39, 0.29) is 22.8 Å². The molecule has 1 N–H and O–H groups in total. The molecule has 148 valence electrons. The largest absolute Gasteiger partial charge is 0.416 e. The first kappa shape index (κ1) is 18.8. The highest BCUT2D eigenvalue weighted by Crippen LogP contribution is 2.54. The lowest BCUT2D eigenvalue weighted by molar-refractivity contribution is -0.171. The molecule has 1 heterocycles. The van der Waals surface area contributed by atoms with Crippen LogP contribution in [-0.4, -0.2) is 34.6 Å². The quantitative estimate of drug-likeness (QED) is 0.861.